The van der Waals surface area contributed by atoms with Crippen LogP contribution < -0.4 is 16.4 Å². The van der Waals surface area contributed by atoms with Crippen molar-refractivity contribution < 1.29 is 9.59 Å². The van der Waals surface area contributed by atoms with Crippen molar-refractivity contribution in [2.45, 2.75) is 25.3 Å². The van der Waals surface area contributed by atoms with E-state index in [1.807, 2.05) is 42.5 Å². The molecule has 3 rings (SSSR count). The van der Waals surface area contributed by atoms with Gasteiger partial charge in [-0.2, -0.15) is 0 Å². The third kappa shape index (κ3) is 4.32. The van der Waals surface area contributed by atoms with Crippen molar-refractivity contribution in [1.82, 2.24) is 10.6 Å². The number of nitrogens with one attached hydrogen (secondary N) is 2. The van der Waals surface area contributed by atoms with E-state index < -0.39 is 0 Å². The van der Waals surface area contributed by atoms with Crippen molar-refractivity contribution in [1.29, 1.82) is 0 Å². The highest BCUT2D eigenvalue weighted by molar-refractivity contribution is 5.91. The summed E-state index contributed by atoms with van der Waals surface area (Å²) in [6.45, 7) is 0.462. The smallest absolute Gasteiger partial charge is 0.239 e. The number of fused-ring (bicyclic) bond motifs is 1. The molecular formula is C19H23N3O2. The van der Waals surface area contributed by atoms with Gasteiger partial charge in [-0.15, -0.1) is 0 Å². The summed E-state index contributed by atoms with van der Waals surface area (Å²) in [5.41, 5.74) is 6.90. The van der Waals surface area contributed by atoms with Crippen LogP contribution in [0.4, 0.5) is 0 Å². The molecule has 1 unspecified atom stereocenters. The molecule has 0 spiro atoms. The van der Waals surface area contributed by atoms with Gasteiger partial charge in [-0.05, 0) is 35.1 Å². The number of carbonyl (C=O) groups excluding carboxylic acids is 2. The first-order chi connectivity index (χ1) is 11.6. The minimum Gasteiger partial charge on any atom is -0.353 e. The van der Waals surface area contributed by atoms with Crippen LogP contribution in [0.15, 0.2) is 42.5 Å². The molecule has 1 saturated carbocycles. The van der Waals surface area contributed by atoms with Crippen molar-refractivity contribution >= 4 is 22.6 Å². The maximum Gasteiger partial charge on any atom is 0.239 e. The second-order valence-corrected chi connectivity index (χ2v) is 6.40. The van der Waals surface area contributed by atoms with E-state index in [2.05, 4.69) is 10.6 Å². The number of hydrogen-bond donors (Lipinski definition) is 3. The Labute approximate surface area is 141 Å². The monoisotopic (exact) mass is 325 g/mol. The zero-order chi connectivity index (χ0) is 16.9. The van der Waals surface area contributed by atoms with E-state index in [4.69, 9.17) is 5.73 Å². The van der Waals surface area contributed by atoms with Crippen molar-refractivity contribution in [3.63, 3.8) is 0 Å². The molecule has 5 heteroatoms. The van der Waals surface area contributed by atoms with E-state index in [0.29, 0.717) is 12.5 Å². The van der Waals surface area contributed by atoms with Gasteiger partial charge in [-0.25, -0.2) is 0 Å². The molecule has 1 aliphatic rings. The molecule has 0 aromatic heterocycles. The summed E-state index contributed by atoms with van der Waals surface area (Å²) < 4.78 is 0. The molecule has 0 saturated heterocycles. The van der Waals surface area contributed by atoms with Crippen molar-refractivity contribution in [2.75, 3.05) is 13.1 Å². The van der Waals surface area contributed by atoms with E-state index in [-0.39, 0.29) is 30.8 Å². The lowest BCUT2D eigenvalue weighted by Crippen LogP contribution is -2.43. The average molecular weight is 325 g/mol. The molecule has 4 N–H and O–H groups in total. The van der Waals surface area contributed by atoms with Crippen molar-refractivity contribution in [2.24, 2.45) is 11.7 Å². The molecule has 2 amide bonds. The fourth-order valence-corrected chi connectivity index (χ4v) is 2.85. The van der Waals surface area contributed by atoms with Crippen LogP contribution in [0.25, 0.3) is 10.8 Å². The molecule has 0 heterocycles. The molecule has 0 bridgehead atoms. The zero-order valence-corrected chi connectivity index (χ0v) is 13.6. The fraction of sp³-hybridized carbons (Fsp3) is 0.368. The van der Waals surface area contributed by atoms with Crippen LogP contribution in [-0.2, 0) is 16.0 Å². The van der Waals surface area contributed by atoms with E-state index in [9.17, 15) is 9.59 Å². The Morgan fingerprint density at radius 2 is 1.79 bits per heavy atom. The maximum atomic E-state index is 12.1. The second kappa shape index (κ2) is 7.45. The first kappa shape index (κ1) is 16.5. The van der Waals surface area contributed by atoms with Crippen LogP contribution >= 0.6 is 0 Å². The Hall–Kier alpha value is -2.40. The van der Waals surface area contributed by atoms with Crippen LogP contribution in [0, 0.1) is 5.92 Å². The first-order valence-corrected chi connectivity index (χ1v) is 8.39. The Bertz CT molecular complexity index is 735. The first-order valence-electron chi connectivity index (χ1n) is 8.39. The summed E-state index contributed by atoms with van der Waals surface area (Å²) in [5, 5.41) is 7.62. The van der Waals surface area contributed by atoms with Gasteiger partial charge in [0.05, 0.1) is 13.0 Å². The van der Waals surface area contributed by atoms with Crippen LogP contribution in [0.1, 0.15) is 18.4 Å². The van der Waals surface area contributed by atoms with Crippen LogP contribution in [-0.4, -0.2) is 30.9 Å². The number of rotatable bonds is 7. The van der Waals surface area contributed by atoms with Crippen molar-refractivity contribution in [3.05, 3.63) is 48.0 Å². The van der Waals surface area contributed by atoms with Gasteiger partial charge in [0.15, 0.2) is 0 Å². The maximum absolute atomic E-state index is 12.1. The molecule has 24 heavy (non-hydrogen) atoms. The lowest BCUT2D eigenvalue weighted by atomic mass is 10.0. The summed E-state index contributed by atoms with van der Waals surface area (Å²) in [5.74, 6) is 0.191. The molecule has 5 nitrogen and oxygen atoms in total. The number of hydrogen-bond acceptors (Lipinski definition) is 3. The summed E-state index contributed by atoms with van der Waals surface area (Å²) in [4.78, 5) is 23.9. The number of nitrogens with two attached hydrogens (primary N) is 1. The van der Waals surface area contributed by atoms with Gasteiger partial charge in [-0.1, -0.05) is 42.5 Å². The van der Waals surface area contributed by atoms with Gasteiger partial charge in [0.25, 0.3) is 0 Å². The molecule has 2 aromatic carbocycles. The molecule has 0 aliphatic heterocycles. The molecular weight excluding hydrogens is 302 g/mol. The van der Waals surface area contributed by atoms with Crippen LogP contribution in [0.3, 0.4) is 0 Å². The predicted octanol–water partition coefficient (Wildman–Crippen LogP) is 1.35. The Balaban J connectivity index is 1.47. The molecule has 1 fully saturated rings. The van der Waals surface area contributed by atoms with E-state index >= 15 is 0 Å². The molecule has 1 aliphatic carbocycles. The molecule has 1 atom stereocenters. The summed E-state index contributed by atoms with van der Waals surface area (Å²) in [6.07, 6.45) is 2.56. The Kier molecular flexibility index (Phi) is 5.11. The van der Waals surface area contributed by atoms with E-state index in [1.54, 1.807) is 0 Å². The standard InChI is InChI=1S/C19H23N3O2/c20-17(14-8-9-14)11-21-19(24)12-22-18(23)10-15-6-3-5-13-4-1-2-7-16(13)15/h1-7,14,17H,8-12,20H2,(H,21,24)(H,22,23). The zero-order valence-electron chi connectivity index (χ0n) is 13.6. The molecule has 2 aromatic rings. The Morgan fingerprint density at radius 1 is 1.04 bits per heavy atom. The average Bonchev–Trinajstić information content (AvgIpc) is 3.43. The SMILES string of the molecule is NC(CNC(=O)CNC(=O)Cc1cccc2ccccc12)C1CC1. The lowest BCUT2D eigenvalue weighted by Gasteiger charge is -2.12. The highest BCUT2D eigenvalue weighted by Gasteiger charge is 2.28. The largest absolute Gasteiger partial charge is 0.353 e. The van der Waals surface area contributed by atoms with Crippen molar-refractivity contribution in [3.8, 4) is 0 Å². The third-order valence-electron chi connectivity index (χ3n) is 4.44. The van der Waals surface area contributed by atoms with E-state index in [1.165, 1.54) is 0 Å². The highest BCUT2D eigenvalue weighted by atomic mass is 16.2. The van der Waals surface area contributed by atoms with Gasteiger partial charge in [-0.3, -0.25) is 9.59 Å². The third-order valence-corrected chi connectivity index (χ3v) is 4.44. The predicted molar refractivity (Wildman–Crippen MR) is 94.4 cm³/mol. The summed E-state index contributed by atoms with van der Waals surface area (Å²) >= 11 is 0. The normalized spacial score (nSPS) is 15.0. The van der Waals surface area contributed by atoms with Gasteiger partial charge < -0.3 is 16.4 Å². The van der Waals surface area contributed by atoms with E-state index in [0.717, 1.165) is 29.2 Å². The van der Waals surface area contributed by atoms with Gasteiger partial charge in [0.1, 0.15) is 0 Å². The number of carbonyl (C=O) groups is 2. The van der Waals surface area contributed by atoms with Gasteiger partial charge in [0.2, 0.25) is 11.8 Å². The Morgan fingerprint density at radius 3 is 2.58 bits per heavy atom. The summed E-state index contributed by atoms with van der Waals surface area (Å²) in [6, 6.07) is 13.9. The molecule has 126 valence electrons. The van der Waals surface area contributed by atoms with Crippen LogP contribution in [0.2, 0.25) is 0 Å². The number of benzene rings is 2. The fourth-order valence-electron chi connectivity index (χ4n) is 2.85. The second-order valence-electron chi connectivity index (χ2n) is 6.40. The topological polar surface area (TPSA) is 84.2 Å². The minimum atomic E-state index is -0.197. The van der Waals surface area contributed by atoms with Gasteiger partial charge in [0, 0.05) is 12.6 Å². The molecule has 0 radical (unpaired) electrons. The van der Waals surface area contributed by atoms with Crippen LogP contribution in [0.5, 0.6) is 0 Å². The highest BCUT2D eigenvalue weighted by Crippen LogP contribution is 2.31. The quantitative estimate of drug-likeness (QED) is 0.718. The lowest BCUT2D eigenvalue weighted by molar-refractivity contribution is -0.125. The van der Waals surface area contributed by atoms with Gasteiger partial charge >= 0.3 is 0 Å². The minimum absolute atomic E-state index is 0.0129. The number of amides is 2. The summed E-state index contributed by atoms with van der Waals surface area (Å²) in [7, 11) is 0.